The van der Waals surface area contributed by atoms with Gasteiger partial charge in [0, 0.05) is 6.54 Å². The molecule has 0 amide bonds. The zero-order chi connectivity index (χ0) is 11.8. The molecule has 1 aromatic rings. The van der Waals surface area contributed by atoms with E-state index in [1.807, 2.05) is 0 Å². The van der Waals surface area contributed by atoms with Gasteiger partial charge in [-0.2, -0.15) is 0 Å². The summed E-state index contributed by atoms with van der Waals surface area (Å²) in [4.78, 5) is 14.9. The summed E-state index contributed by atoms with van der Waals surface area (Å²) in [6, 6.07) is 2.95. The van der Waals surface area contributed by atoms with Crippen LogP contribution in [0.15, 0.2) is 12.1 Å². The van der Waals surface area contributed by atoms with Gasteiger partial charge in [-0.05, 0) is 30.4 Å². The van der Waals surface area contributed by atoms with Gasteiger partial charge in [0.25, 0.3) is 0 Å². The Morgan fingerprint density at radius 2 is 2.31 bits per heavy atom. The monoisotopic (exact) mass is 240 g/mol. The van der Waals surface area contributed by atoms with Gasteiger partial charge in [-0.1, -0.05) is 18.5 Å². The fraction of sp³-hybridized carbons (Fsp3) is 0.455. The van der Waals surface area contributed by atoms with Crippen molar-refractivity contribution in [1.82, 2.24) is 4.98 Å². The van der Waals surface area contributed by atoms with Crippen LogP contribution in [0.2, 0.25) is 5.15 Å². The van der Waals surface area contributed by atoms with E-state index in [1.54, 1.807) is 0 Å². The normalized spacial score (nSPS) is 16.9. The molecule has 1 aromatic heterocycles. The first-order valence-electron chi connectivity index (χ1n) is 5.14. The Kier molecular flexibility index (Phi) is 2.76. The Morgan fingerprint density at radius 1 is 1.62 bits per heavy atom. The number of nitrogens with zero attached hydrogens (tertiary/aromatic N) is 1. The van der Waals surface area contributed by atoms with Gasteiger partial charge in [0.1, 0.15) is 16.5 Å². The van der Waals surface area contributed by atoms with Crippen molar-refractivity contribution in [1.29, 1.82) is 0 Å². The van der Waals surface area contributed by atoms with Crippen molar-refractivity contribution in [2.45, 2.75) is 19.8 Å². The summed E-state index contributed by atoms with van der Waals surface area (Å²) in [6.45, 7) is 2.89. The Morgan fingerprint density at radius 3 is 2.88 bits per heavy atom. The van der Waals surface area contributed by atoms with Crippen LogP contribution in [-0.4, -0.2) is 22.6 Å². The van der Waals surface area contributed by atoms with E-state index in [2.05, 4.69) is 17.2 Å². The summed E-state index contributed by atoms with van der Waals surface area (Å²) >= 11 is 5.74. The number of carboxylic acids is 1. The highest BCUT2D eigenvalue weighted by Gasteiger charge is 2.37. The van der Waals surface area contributed by atoms with E-state index < -0.39 is 5.97 Å². The number of anilines is 1. The molecule has 0 aliphatic heterocycles. The third-order valence-corrected chi connectivity index (χ3v) is 3.09. The molecule has 16 heavy (non-hydrogen) atoms. The van der Waals surface area contributed by atoms with Gasteiger partial charge in [-0.3, -0.25) is 0 Å². The summed E-state index contributed by atoms with van der Waals surface area (Å²) in [6.07, 6.45) is 2.34. The van der Waals surface area contributed by atoms with Gasteiger partial charge in [-0.25, -0.2) is 9.78 Å². The number of carbonyl (C=O) groups is 1. The minimum atomic E-state index is -0.993. The fourth-order valence-corrected chi connectivity index (χ4v) is 1.58. The van der Waals surface area contributed by atoms with E-state index in [0.29, 0.717) is 16.4 Å². The van der Waals surface area contributed by atoms with Crippen LogP contribution in [0.3, 0.4) is 0 Å². The molecule has 86 valence electrons. The molecule has 0 aromatic carbocycles. The smallest absolute Gasteiger partial charge is 0.339 e. The minimum Gasteiger partial charge on any atom is -0.478 e. The lowest BCUT2D eigenvalue weighted by Crippen LogP contribution is -2.15. The molecule has 0 unspecified atom stereocenters. The predicted molar refractivity (Wildman–Crippen MR) is 62.0 cm³/mol. The first-order valence-corrected chi connectivity index (χ1v) is 5.52. The fourth-order valence-electron chi connectivity index (χ4n) is 1.43. The van der Waals surface area contributed by atoms with Crippen molar-refractivity contribution < 1.29 is 9.90 Å². The first-order chi connectivity index (χ1) is 7.50. The van der Waals surface area contributed by atoms with Crippen molar-refractivity contribution in [3.05, 3.63) is 22.8 Å². The maximum absolute atomic E-state index is 11.0. The Bertz CT molecular complexity index is 430. The van der Waals surface area contributed by atoms with E-state index in [-0.39, 0.29) is 5.56 Å². The molecule has 0 saturated heterocycles. The maximum atomic E-state index is 11.0. The number of halogens is 1. The number of hydrogen-bond acceptors (Lipinski definition) is 3. The number of aromatic carboxylic acids is 1. The molecule has 1 saturated carbocycles. The summed E-state index contributed by atoms with van der Waals surface area (Å²) in [5, 5.41) is 12.3. The molecule has 0 spiro atoms. The highest BCUT2D eigenvalue weighted by Crippen LogP contribution is 2.44. The molecule has 0 bridgehead atoms. The predicted octanol–water partition coefficient (Wildman–Crippen LogP) is 2.65. The molecule has 1 fully saturated rings. The molecule has 0 radical (unpaired) electrons. The number of hydrogen-bond donors (Lipinski definition) is 2. The number of aromatic nitrogens is 1. The summed E-state index contributed by atoms with van der Waals surface area (Å²) in [7, 11) is 0. The average molecular weight is 241 g/mol. The second-order valence-corrected chi connectivity index (χ2v) is 4.89. The van der Waals surface area contributed by atoms with Crippen LogP contribution in [0.5, 0.6) is 0 Å². The van der Waals surface area contributed by atoms with Crippen LogP contribution in [0.25, 0.3) is 0 Å². The Labute approximate surface area is 98.6 Å². The van der Waals surface area contributed by atoms with Gasteiger partial charge < -0.3 is 10.4 Å². The third-order valence-electron chi connectivity index (χ3n) is 2.88. The van der Waals surface area contributed by atoms with Crippen LogP contribution in [-0.2, 0) is 0 Å². The number of rotatable bonds is 4. The topological polar surface area (TPSA) is 62.2 Å². The van der Waals surface area contributed by atoms with Crippen molar-refractivity contribution >= 4 is 23.4 Å². The molecule has 2 N–H and O–H groups in total. The van der Waals surface area contributed by atoms with Crippen LogP contribution < -0.4 is 5.32 Å². The molecule has 2 rings (SSSR count). The van der Waals surface area contributed by atoms with Crippen LogP contribution in [0.1, 0.15) is 30.1 Å². The average Bonchev–Trinajstić information content (AvgIpc) is 2.94. The molecule has 1 heterocycles. The number of nitrogens with one attached hydrogen (secondary N) is 1. The number of pyridine rings is 1. The molecule has 5 heteroatoms. The van der Waals surface area contributed by atoms with E-state index in [9.17, 15) is 4.79 Å². The first kappa shape index (κ1) is 11.2. The molecule has 1 aliphatic rings. The van der Waals surface area contributed by atoms with Crippen molar-refractivity contribution in [3.63, 3.8) is 0 Å². The summed E-state index contributed by atoms with van der Waals surface area (Å²) < 4.78 is 0. The summed E-state index contributed by atoms with van der Waals surface area (Å²) in [5.41, 5.74) is 0.452. The second kappa shape index (κ2) is 3.94. The van der Waals surface area contributed by atoms with Gasteiger partial charge in [0.05, 0.1) is 0 Å². The summed E-state index contributed by atoms with van der Waals surface area (Å²) in [5.74, 6) is -0.638. The molecule has 0 atom stereocenters. The van der Waals surface area contributed by atoms with E-state index in [0.717, 1.165) is 6.54 Å². The second-order valence-electron chi connectivity index (χ2n) is 4.50. The van der Waals surface area contributed by atoms with E-state index >= 15 is 0 Å². The molecule has 1 aliphatic carbocycles. The van der Waals surface area contributed by atoms with Crippen molar-refractivity contribution in [3.8, 4) is 0 Å². The standard InChI is InChI=1S/C11H13ClN2O2/c1-11(4-5-11)6-13-9-7(10(15)16)2-3-8(12)14-9/h2-3H,4-6H2,1H3,(H,13,14)(H,15,16). The van der Waals surface area contributed by atoms with Crippen molar-refractivity contribution in [2.75, 3.05) is 11.9 Å². The third kappa shape index (κ3) is 2.44. The highest BCUT2D eigenvalue weighted by molar-refractivity contribution is 6.29. The van der Waals surface area contributed by atoms with Gasteiger partial charge >= 0.3 is 5.97 Å². The highest BCUT2D eigenvalue weighted by atomic mass is 35.5. The quantitative estimate of drug-likeness (QED) is 0.795. The van der Waals surface area contributed by atoms with E-state index in [4.69, 9.17) is 16.7 Å². The lowest BCUT2D eigenvalue weighted by atomic mass is 10.1. The maximum Gasteiger partial charge on any atom is 0.339 e. The molecular weight excluding hydrogens is 228 g/mol. The van der Waals surface area contributed by atoms with E-state index in [1.165, 1.54) is 25.0 Å². The van der Waals surface area contributed by atoms with Crippen LogP contribution >= 0.6 is 11.6 Å². The van der Waals surface area contributed by atoms with Crippen LogP contribution in [0.4, 0.5) is 5.82 Å². The molecule has 4 nitrogen and oxygen atoms in total. The minimum absolute atomic E-state index is 0.161. The van der Waals surface area contributed by atoms with Gasteiger partial charge in [0.15, 0.2) is 0 Å². The van der Waals surface area contributed by atoms with Crippen LogP contribution in [0, 0.1) is 5.41 Å². The Hall–Kier alpha value is -1.29. The zero-order valence-electron chi connectivity index (χ0n) is 8.96. The molecular formula is C11H13ClN2O2. The SMILES string of the molecule is CC1(CNc2nc(Cl)ccc2C(=O)O)CC1. The lowest BCUT2D eigenvalue weighted by molar-refractivity contribution is 0.0697. The largest absolute Gasteiger partial charge is 0.478 e. The van der Waals surface area contributed by atoms with Gasteiger partial charge in [-0.15, -0.1) is 0 Å². The van der Waals surface area contributed by atoms with Gasteiger partial charge in [0.2, 0.25) is 0 Å². The lowest BCUT2D eigenvalue weighted by Gasteiger charge is -2.12. The van der Waals surface area contributed by atoms with Crippen molar-refractivity contribution in [2.24, 2.45) is 5.41 Å². The number of carboxylic acid groups (broad SMARTS) is 1. The zero-order valence-corrected chi connectivity index (χ0v) is 9.71. The Balaban J connectivity index is 2.16.